The average Bonchev–Trinajstić information content (AvgIpc) is 2.40. The smallest absolute Gasteiger partial charge is 0.147 e. The maximum absolute atomic E-state index is 5.89. The van der Waals surface area contributed by atoms with Crippen LogP contribution in [0.1, 0.15) is 51.0 Å². The van der Waals surface area contributed by atoms with Gasteiger partial charge in [0.15, 0.2) is 0 Å². The van der Waals surface area contributed by atoms with Gasteiger partial charge in [-0.1, -0.05) is 39.0 Å². The average molecular weight is 407 g/mol. The number of halogens is 2. The molecule has 0 aliphatic carbocycles. The Bertz CT molecular complexity index is 373. The summed E-state index contributed by atoms with van der Waals surface area (Å²) < 4.78 is 7.93. The number of benzene rings is 1. The highest BCUT2D eigenvalue weighted by Gasteiger charge is 2.08. The number of nitrogens with one attached hydrogen (secondary N) is 1. The zero-order chi connectivity index (χ0) is 14.8. The molecule has 1 N–H and O–H groups in total. The second-order valence-electron chi connectivity index (χ2n) is 5.04. The van der Waals surface area contributed by atoms with Gasteiger partial charge in [-0.3, -0.25) is 0 Å². The topological polar surface area (TPSA) is 21.3 Å². The van der Waals surface area contributed by atoms with Crippen molar-refractivity contribution in [2.45, 2.75) is 52.0 Å². The predicted molar refractivity (Wildman–Crippen MR) is 93.5 cm³/mol. The van der Waals surface area contributed by atoms with E-state index in [1.807, 2.05) is 7.05 Å². The molecule has 0 aliphatic rings. The molecule has 0 unspecified atom stereocenters. The third-order valence-corrected chi connectivity index (χ3v) is 4.36. The maximum atomic E-state index is 5.89. The fraction of sp³-hybridized carbons (Fsp3) is 0.625. The minimum Gasteiger partial charge on any atom is -0.491 e. The Kier molecular flexibility index (Phi) is 9.57. The van der Waals surface area contributed by atoms with Crippen LogP contribution in [0.5, 0.6) is 5.75 Å². The molecule has 0 saturated carbocycles. The third kappa shape index (κ3) is 6.59. The molecule has 4 heteroatoms. The molecule has 114 valence electrons. The third-order valence-electron chi connectivity index (χ3n) is 3.18. The van der Waals surface area contributed by atoms with Crippen molar-refractivity contribution in [3.63, 3.8) is 0 Å². The minimum absolute atomic E-state index is 0.786. The van der Waals surface area contributed by atoms with Gasteiger partial charge in [-0.2, -0.15) is 0 Å². The number of unbranched alkanes of at least 4 members (excludes halogenated alkanes) is 5. The zero-order valence-electron chi connectivity index (χ0n) is 12.5. The van der Waals surface area contributed by atoms with Crippen LogP contribution in [0.3, 0.4) is 0 Å². The Labute approximate surface area is 139 Å². The molecule has 0 radical (unpaired) electrons. The molecule has 0 saturated heterocycles. The molecule has 0 atom stereocenters. The molecule has 1 aromatic carbocycles. The highest BCUT2D eigenvalue weighted by Crippen LogP contribution is 2.35. The Hall–Kier alpha value is -0.0600. The summed E-state index contributed by atoms with van der Waals surface area (Å²) in [7, 11) is 1.95. The summed E-state index contributed by atoms with van der Waals surface area (Å²) in [4.78, 5) is 0. The maximum Gasteiger partial charge on any atom is 0.147 e. The summed E-state index contributed by atoms with van der Waals surface area (Å²) in [6, 6.07) is 4.22. The first-order chi connectivity index (χ1) is 9.69. The van der Waals surface area contributed by atoms with Crippen LogP contribution in [0.15, 0.2) is 21.1 Å². The van der Waals surface area contributed by atoms with Gasteiger partial charge in [0.2, 0.25) is 0 Å². The van der Waals surface area contributed by atoms with E-state index in [0.717, 1.165) is 34.3 Å². The lowest BCUT2D eigenvalue weighted by Crippen LogP contribution is -2.06. The molecule has 2 nitrogen and oxygen atoms in total. The van der Waals surface area contributed by atoms with Crippen molar-refractivity contribution >= 4 is 31.9 Å². The number of hydrogen-bond acceptors (Lipinski definition) is 2. The van der Waals surface area contributed by atoms with Crippen molar-refractivity contribution in [1.82, 2.24) is 5.32 Å². The highest BCUT2D eigenvalue weighted by molar-refractivity contribution is 9.11. The fourth-order valence-electron chi connectivity index (χ4n) is 2.11. The van der Waals surface area contributed by atoms with E-state index < -0.39 is 0 Å². The largest absolute Gasteiger partial charge is 0.491 e. The lowest BCUT2D eigenvalue weighted by Gasteiger charge is -2.12. The van der Waals surface area contributed by atoms with Crippen LogP contribution >= 0.6 is 31.9 Å². The fourth-order valence-corrected chi connectivity index (χ4v) is 3.62. The predicted octanol–water partition coefficient (Wildman–Crippen LogP) is 5.67. The molecule has 0 bridgehead atoms. The van der Waals surface area contributed by atoms with Gasteiger partial charge in [-0.05, 0) is 63.0 Å². The number of hydrogen-bond donors (Lipinski definition) is 1. The Morgan fingerprint density at radius 2 is 1.60 bits per heavy atom. The lowest BCUT2D eigenvalue weighted by atomic mass is 10.1. The molecule has 0 amide bonds. The van der Waals surface area contributed by atoms with Crippen LogP contribution in [0, 0.1) is 0 Å². The Balaban J connectivity index is 2.36. The summed E-state index contributed by atoms with van der Waals surface area (Å²) in [6.45, 7) is 3.89. The van der Waals surface area contributed by atoms with Crippen molar-refractivity contribution < 1.29 is 4.74 Å². The lowest BCUT2D eigenvalue weighted by molar-refractivity contribution is 0.300. The van der Waals surface area contributed by atoms with Crippen molar-refractivity contribution in [3.8, 4) is 5.75 Å². The Morgan fingerprint density at radius 1 is 1.00 bits per heavy atom. The molecule has 0 fully saturated rings. The number of ether oxygens (including phenoxy) is 1. The first-order valence-corrected chi connectivity index (χ1v) is 9.03. The van der Waals surface area contributed by atoms with Crippen molar-refractivity contribution in [1.29, 1.82) is 0 Å². The van der Waals surface area contributed by atoms with E-state index in [4.69, 9.17) is 4.74 Å². The summed E-state index contributed by atoms with van der Waals surface area (Å²) in [5.74, 6) is 0.915. The van der Waals surface area contributed by atoms with E-state index >= 15 is 0 Å². The summed E-state index contributed by atoms with van der Waals surface area (Å²) in [5, 5.41) is 3.15. The van der Waals surface area contributed by atoms with Gasteiger partial charge < -0.3 is 10.1 Å². The van der Waals surface area contributed by atoms with E-state index in [0.29, 0.717) is 0 Å². The summed E-state index contributed by atoms with van der Waals surface area (Å²) in [6.07, 6.45) is 7.71. The molecular weight excluding hydrogens is 382 g/mol. The quantitative estimate of drug-likeness (QED) is 0.505. The van der Waals surface area contributed by atoms with Crippen LogP contribution < -0.4 is 10.1 Å². The van der Waals surface area contributed by atoms with Gasteiger partial charge >= 0.3 is 0 Å². The standard InChI is InChI=1S/C16H25Br2NO/c1-3-4-5-6-7-8-9-20-16-14(17)10-13(12-19-2)11-15(16)18/h10-11,19H,3-9,12H2,1-2H3. The molecule has 0 heterocycles. The van der Waals surface area contributed by atoms with Gasteiger partial charge in [-0.25, -0.2) is 0 Å². The van der Waals surface area contributed by atoms with E-state index in [1.54, 1.807) is 0 Å². The SMILES string of the molecule is CCCCCCCCOc1c(Br)cc(CNC)cc1Br. The van der Waals surface area contributed by atoms with Crippen molar-refractivity contribution in [2.24, 2.45) is 0 Å². The Morgan fingerprint density at radius 3 is 2.20 bits per heavy atom. The van der Waals surface area contributed by atoms with Gasteiger partial charge in [0.05, 0.1) is 15.6 Å². The summed E-state index contributed by atoms with van der Waals surface area (Å²) in [5.41, 5.74) is 1.23. The molecular formula is C16H25Br2NO. The second-order valence-corrected chi connectivity index (χ2v) is 6.74. The normalized spacial score (nSPS) is 10.8. The molecule has 0 spiro atoms. The minimum atomic E-state index is 0.786. The van der Waals surface area contributed by atoms with Crippen LogP contribution in [0.25, 0.3) is 0 Å². The van der Waals surface area contributed by atoms with Crippen LogP contribution in [-0.2, 0) is 6.54 Å². The van der Waals surface area contributed by atoms with Gasteiger partial charge in [0.1, 0.15) is 5.75 Å². The van der Waals surface area contributed by atoms with Crippen molar-refractivity contribution in [3.05, 3.63) is 26.6 Å². The molecule has 0 aliphatic heterocycles. The monoisotopic (exact) mass is 405 g/mol. The molecule has 20 heavy (non-hydrogen) atoms. The van der Waals surface area contributed by atoms with Crippen LogP contribution in [0.2, 0.25) is 0 Å². The summed E-state index contributed by atoms with van der Waals surface area (Å²) >= 11 is 7.18. The number of rotatable bonds is 10. The first-order valence-electron chi connectivity index (χ1n) is 7.44. The van der Waals surface area contributed by atoms with E-state index in [1.165, 1.54) is 37.7 Å². The first kappa shape index (κ1) is 18.0. The van der Waals surface area contributed by atoms with Gasteiger partial charge in [0.25, 0.3) is 0 Å². The van der Waals surface area contributed by atoms with E-state index in [9.17, 15) is 0 Å². The van der Waals surface area contributed by atoms with E-state index in [-0.39, 0.29) is 0 Å². The highest BCUT2D eigenvalue weighted by atomic mass is 79.9. The second kappa shape index (κ2) is 10.6. The van der Waals surface area contributed by atoms with Gasteiger partial charge in [0, 0.05) is 6.54 Å². The van der Waals surface area contributed by atoms with Crippen molar-refractivity contribution in [2.75, 3.05) is 13.7 Å². The van der Waals surface area contributed by atoms with E-state index in [2.05, 4.69) is 56.2 Å². The van der Waals surface area contributed by atoms with Crippen LogP contribution in [-0.4, -0.2) is 13.7 Å². The molecule has 1 rings (SSSR count). The molecule has 0 aromatic heterocycles. The molecule has 1 aromatic rings. The zero-order valence-corrected chi connectivity index (χ0v) is 15.6. The van der Waals surface area contributed by atoms with Crippen LogP contribution in [0.4, 0.5) is 0 Å². The van der Waals surface area contributed by atoms with Gasteiger partial charge in [-0.15, -0.1) is 0 Å².